The zero-order chi connectivity index (χ0) is 11.5. The average molecular weight is 270 g/mol. The van der Waals surface area contributed by atoms with E-state index in [9.17, 15) is 0 Å². The summed E-state index contributed by atoms with van der Waals surface area (Å²) in [6.07, 6.45) is 1.17. The summed E-state index contributed by atoms with van der Waals surface area (Å²) in [6, 6.07) is 6.38. The first-order chi connectivity index (χ1) is 6.88. The van der Waals surface area contributed by atoms with Crippen molar-refractivity contribution in [3.8, 4) is 0 Å². The number of nitrogens with one attached hydrogen (secondary N) is 1. The minimum Gasteiger partial charge on any atom is -0.384 e. The Balaban J connectivity index is 2.54. The van der Waals surface area contributed by atoms with E-state index in [4.69, 9.17) is 0 Å². The average Bonchev–Trinajstić information content (AvgIpc) is 2.09. The quantitative estimate of drug-likeness (QED) is 0.846. The predicted molar refractivity (Wildman–Crippen MR) is 71.4 cm³/mol. The molecule has 0 bridgehead atoms. The molecule has 0 aliphatic rings. The Kier molecular flexibility index (Phi) is 4.21. The molecule has 84 valence electrons. The van der Waals surface area contributed by atoms with Gasteiger partial charge in [0.2, 0.25) is 0 Å². The number of hydrogen-bond acceptors (Lipinski definition) is 1. The molecule has 15 heavy (non-hydrogen) atoms. The van der Waals surface area contributed by atoms with Crippen molar-refractivity contribution < 1.29 is 0 Å². The highest BCUT2D eigenvalue weighted by molar-refractivity contribution is 9.10. The van der Waals surface area contributed by atoms with Crippen molar-refractivity contribution in [2.45, 2.75) is 34.1 Å². The lowest BCUT2D eigenvalue weighted by atomic mass is 9.92. The third kappa shape index (κ3) is 4.70. The van der Waals surface area contributed by atoms with Crippen LogP contribution in [0, 0.1) is 12.3 Å². The predicted octanol–water partition coefficient (Wildman–Crippen LogP) is 4.61. The minimum atomic E-state index is 0.392. The Morgan fingerprint density at radius 2 is 1.93 bits per heavy atom. The fourth-order valence-corrected chi connectivity index (χ4v) is 1.73. The number of hydrogen-bond donors (Lipinski definition) is 1. The molecule has 0 aliphatic heterocycles. The summed E-state index contributed by atoms with van der Waals surface area (Å²) in [4.78, 5) is 0. The van der Waals surface area contributed by atoms with Crippen LogP contribution in [-0.2, 0) is 0 Å². The highest BCUT2D eigenvalue weighted by Gasteiger charge is 2.09. The second-order valence-electron chi connectivity index (χ2n) is 5.22. The fraction of sp³-hybridized carbons (Fsp3) is 0.538. The smallest absolute Gasteiger partial charge is 0.0487 e. The van der Waals surface area contributed by atoms with Crippen molar-refractivity contribution in [1.29, 1.82) is 0 Å². The van der Waals surface area contributed by atoms with Gasteiger partial charge in [0.15, 0.2) is 0 Å². The second-order valence-corrected chi connectivity index (χ2v) is 6.08. The lowest BCUT2D eigenvalue weighted by Gasteiger charge is -2.19. The lowest BCUT2D eigenvalue weighted by molar-refractivity contribution is 0.390. The van der Waals surface area contributed by atoms with E-state index in [2.05, 4.69) is 67.1 Å². The summed E-state index contributed by atoms with van der Waals surface area (Å²) >= 11 is 3.55. The number of benzene rings is 1. The SMILES string of the molecule is Cc1ccc(Br)c(NCCC(C)(C)C)c1. The largest absolute Gasteiger partial charge is 0.384 e. The van der Waals surface area contributed by atoms with Crippen LogP contribution in [0.1, 0.15) is 32.8 Å². The first-order valence-corrected chi connectivity index (χ1v) is 6.18. The van der Waals surface area contributed by atoms with Gasteiger partial charge in [-0.25, -0.2) is 0 Å². The molecule has 0 unspecified atom stereocenters. The number of halogens is 1. The van der Waals surface area contributed by atoms with Gasteiger partial charge in [-0.05, 0) is 52.4 Å². The fourth-order valence-electron chi connectivity index (χ4n) is 1.35. The molecule has 0 amide bonds. The Labute approximate surface area is 101 Å². The Bertz CT molecular complexity index is 326. The molecule has 0 spiro atoms. The third-order valence-corrected chi connectivity index (χ3v) is 3.00. The van der Waals surface area contributed by atoms with Crippen molar-refractivity contribution in [3.05, 3.63) is 28.2 Å². The third-order valence-electron chi connectivity index (χ3n) is 2.31. The van der Waals surface area contributed by atoms with Crippen LogP contribution in [0.15, 0.2) is 22.7 Å². The maximum absolute atomic E-state index is 3.55. The minimum absolute atomic E-state index is 0.392. The van der Waals surface area contributed by atoms with Gasteiger partial charge in [0, 0.05) is 16.7 Å². The molecule has 0 heterocycles. The molecule has 0 aromatic heterocycles. The zero-order valence-electron chi connectivity index (χ0n) is 10.0. The van der Waals surface area contributed by atoms with Crippen molar-refractivity contribution in [3.63, 3.8) is 0 Å². The molecule has 1 rings (SSSR count). The van der Waals surface area contributed by atoms with E-state index in [0.717, 1.165) is 11.0 Å². The summed E-state index contributed by atoms with van der Waals surface area (Å²) in [5.74, 6) is 0. The van der Waals surface area contributed by atoms with E-state index in [0.29, 0.717) is 5.41 Å². The van der Waals surface area contributed by atoms with Gasteiger partial charge in [0.1, 0.15) is 0 Å². The van der Waals surface area contributed by atoms with E-state index in [1.807, 2.05) is 0 Å². The van der Waals surface area contributed by atoms with Crippen LogP contribution < -0.4 is 5.32 Å². The standard InChI is InChI=1S/C13H20BrN/c1-10-5-6-11(14)12(9-10)15-8-7-13(2,3)4/h5-6,9,15H,7-8H2,1-4H3. The molecule has 1 aromatic rings. The van der Waals surface area contributed by atoms with Crippen LogP contribution in [0.4, 0.5) is 5.69 Å². The summed E-state index contributed by atoms with van der Waals surface area (Å²) in [5.41, 5.74) is 2.87. The monoisotopic (exact) mass is 269 g/mol. The summed E-state index contributed by atoms with van der Waals surface area (Å²) < 4.78 is 1.14. The first kappa shape index (κ1) is 12.6. The van der Waals surface area contributed by atoms with Gasteiger partial charge < -0.3 is 5.32 Å². The van der Waals surface area contributed by atoms with Crippen molar-refractivity contribution in [2.75, 3.05) is 11.9 Å². The van der Waals surface area contributed by atoms with E-state index < -0.39 is 0 Å². The normalized spacial score (nSPS) is 11.5. The van der Waals surface area contributed by atoms with Crippen molar-refractivity contribution in [2.24, 2.45) is 5.41 Å². The molecule has 1 N–H and O–H groups in total. The highest BCUT2D eigenvalue weighted by Crippen LogP contribution is 2.24. The van der Waals surface area contributed by atoms with Crippen LogP contribution in [0.3, 0.4) is 0 Å². The lowest BCUT2D eigenvalue weighted by Crippen LogP contribution is -2.13. The molecule has 2 heteroatoms. The molecular formula is C13H20BrN. The van der Waals surface area contributed by atoms with Crippen molar-refractivity contribution >= 4 is 21.6 Å². The van der Waals surface area contributed by atoms with E-state index in [-0.39, 0.29) is 0 Å². The van der Waals surface area contributed by atoms with Crippen LogP contribution in [0.2, 0.25) is 0 Å². The Hall–Kier alpha value is -0.500. The molecule has 0 aliphatic carbocycles. The molecule has 0 fully saturated rings. The molecule has 1 nitrogen and oxygen atoms in total. The second kappa shape index (κ2) is 5.02. The van der Waals surface area contributed by atoms with Gasteiger partial charge in [0.05, 0.1) is 0 Å². The highest BCUT2D eigenvalue weighted by atomic mass is 79.9. The van der Waals surface area contributed by atoms with Gasteiger partial charge >= 0.3 is 0 Å². The van der Waals surface area contributed by atoms with Crippen LogP contribution in [-0.4, -0.2) is 6.54 Å². The topological polar surface area (TPSA) is 12.0 Å². The summed E-state index contributed by atoms with van der Waals surface area (Å²) in [6.45, 7) is 9.92. The van der Waals surface area contributed by atoms with Gasteiger partial charge in [-0.15, -0.1) is 0 Å². The summed E-state index contributed by atoms with van der Waals surface area (Å²) in [7, 11) is 0. The van der Waals surface area contributed by atoms with E-state index >= 15 is 0 Å². The van der Waals surface area contributed by atoms with E-state index in [1.54, 1.807) is 0 Å². The number of aryl methyl sites for hydroxylation is 1. The van der Waals surface area contributed by atoms with Crippen LogP contribution in [0.25, 0.3) is 0 Å². The van der Waals surface area contributed by atoms with Crippen LogP contribution in [0.5, 0.6) is 0 Å². The zero-order valence-corrected chi connectivity index (χ0v) is 11.6. The van der Waals surface area contributed by atoms with Crippen molar-refractivity contribution in [1.82, 2.24) is 0 Å². The van der Waals surface area contributed by atoms with E-state index in [1.165, 1.54) is 17.7 Å². The summed E-state index contributed by atoms with van der Waals surface area (Å²) in [5, 5.41) is 3.46. The number of rotatable bonds is 3. The van der Waals surface area contributed by atoms with Crippen LogP contribution >= 0.6 is 15.9 Å². The molecule has 0 saturated carbocycles. The molecule has 0 saturated heterocycles. The van der Waals surface area contributed by atoms with Gasteiger partial charge in [-0.3, -0.25) is 0 Å². The molecular weight excluding hydrogens is 250 g/mol. The van der Waals surface area contributed by atoms with Gasteiger partial charge in [0.25, 0.3) is 0 Å². The maximum atomic E-state index is 3.55. The first-order valence-electron chi connectivity index (χ1n) is 5.38. The molecule has 0 radical (unpaired) electrons. The Morgan fingerprint density at radius 3 is 2.53 bits per heavy atom. The number of anilines is 1. The van der Waals surface area contributed by atoms with Gasteiger partial charge in [-0.1, -0.05) is 26.8 Å². The Morgan fingerprint density at radius 1 is 1.27 bits per heavy atom. The molecule has 0 atom stereocenters. The molecule has 1 aromatic carbocycles. The maximum Gasteiger partial charge on any atom is 0.0487 e. The van der Waals surface area contributed by atoms with Gasteiger partial charge in [-0.2, -0.15) is 0 Å².